The highest BCUT2D eigenvalue weighted by atomic mass is 35.5. The van der Waals surface area contributed by atoms with E-state index in [1.165, 1.54) is 17.2 Å². The molecule has 2 unspecified atom stereocenters. The van der Waals surface area contributed by atoms with Crippen molar-refractivity contribution in [1.29, 1.82) is 0 Å². The van der Waals surface area contributed by atoms with E-state index in [1.807, 2.05) is 32.0 Å². The smallest absolute Gasteiger partial charge is 0.330 e. The van der Waals surface area contributed by atoms with E-state index in [4.69, 9.17) is 11.6 Å². The number of aliphatic hydroxyl groups excluding tert-OH is 1. The van der Waals surface area contributed by atoms with Crippen molar-refractivity contribution >= 4 is 46.5 Å². The molecule has 0 aliphatic carbocycles. The van der Waals surface area contributed by atoms with Gasteiger partial charge in [0, 0.05) is 5.02 Å². The van der Waals surface area contributed by atoms with Gasteiger partial charge in [0.15, 0.2) is 0 Å². The highest BCUT2D eigenvalue weighted by Gasteiger charge is 2.42. The summed E-state index contributed by atoms with van der Waals surface area (Å²) in [4.78, 5) is 39.6. The van der Waals surface area contributed by atoms with Crippen LogP contribution in [0.5, 0.6) is 0 Å². The van der Waals surface area contributed by atoms with Gasteiger partial charge in [-0.25, -0.2) is 9.69 Å². The normalized spacial score (nSPS) is 22.5. The monoisotopic (exact) mass is 452 g/mol. The minimum atomic E-state index is -1.49. The number of urea groups is 1. The highest BCUT2D eigenvalue weighted by molar-refractivity contribution is 6.31. The minimum absolute atomic E-state index is 0.185. The first-order valence-corrected chi connectivity index (χ1v) is 10.3. The van der Waals surface area contributed by atoms with Gasteiger partial charge in [0.25, 0.3) is 5.91 Å². The fraction of sp³-hybridized carbons (Fsp3) is 0.217. The van der Waals surface area contributed by atoms with Crippen molar-refractivity contribution in [3.63, 3.8) is 0 Å². The van der Waals surface area contributed by atoms with Crippen LogP contribution in [0.15, 0.2) is 59.2 Å². The van der Waals surface area contributed by atoms with E-state index in [9.17, 15) is 19.5 Å². The number of benzene rings is 2. The lowest BCUT2D eigenvalue weighted by molar-refractivity contribution is -0.124. The molecule has 2 aliphatic rings. The van der Waals surface area contributed by atoms with Gasteiger partial charge in [0.1, 0.15) is 12.1 Å². The Morgan fingerprint density at radius 3 is 2.53 bits per heavy atom. The topological polar surface area (TPSA) is 102 Å². The Labute approximate surface area is 189 Å². The third-order valence-corrected chi connectivity index (χ3v) is 5.61. The Hall–Kier alpha value is -3.49. The van der Waals surface area contributed by atoms with Gasteiger partial charge in [-0.1, -0.05) is 41.4 Å². The summed E-state index contributed by atoms with van der Waals surface area (Å²) >= 11 is 6.00. The molecule has 0 saturated carbocycles. The fourth-order valence-corrected chi connectivity index (χ4v) is 3.97. The Balaban J connectivity index is 1.67. The Kier molecular flexibility index (Phi) is 5.58. The molecule has 2 heterocycles. The quantitative estimate of drug-likeness (QED) is 0.697. The number of anilines is 2. The number of hydrogen-bond acceptors (Lipinski definition) is 5. The predicted molar refractivity (Wildman–Crippen MR) is 122 cm³/mol. The summed E-state index contributed by atoms with van der Waals surface area (Å²) in [6.45, 7) is 5.49. The van der Waals surface area contributed by atoms with E-state index in [2.05, 4.69) is 10.4 Å². The average molecular weight is 453 g/mol. The first-order chi connectivity index (χ1) is 15.2. The van der Waals surface area contributed by atoms with Crippen molar-refractivity contribution in [3.8, 4) is 0 Å². The summed E-state index contributed by atoms with van der Waals surface area (Å²) in [5.41, 5.74) is 3.42. The molecule has 2 N–H and O–H groups in total. The maximum atomic E-state index is 13.2. The van der Waals surface area contributed by atoms with Crippen molar-refractivity contribution in [3.05, 3.63) is 70.3 Å². The largest absolute Gasteiger partial charge is 0.372 e. The maximum absolute atomic E-state index is 13.2. The maximum Gasteiger partial charge on any atom is 0.330 e. The van der Waals surface area contributed by atoms with Crippen LogP contribution in [-0.2, 0) is 9.59 Å². The van der Waals surface area contributed by atoms with Gasteiger partial charge >= 0.3 is 6.03 Å². The van der Waals surface area contributed by atoms with Crippen LogP contribution in [-0.4, -0.2) is 34.9 Å². The number of halogens is 1. The lowest BCUT2D eigenvalue weighted by atomic mass is 9.97. The average Bonchev–Trinajstić information content (AvgIpc) is 2.98. The number of imide groups is 1. The Bertz CT molecular complexity index is 1210. The van der Waals surface area contributed by atoms with Crippen molar-refractivity contribution in [2.75, 3.05) is 9.91 Å². The van der Waals surface area contributed by atoms with Crippen molar-refractivity contribution in [2.45, 2.75) is 27.0 Å². The summed E-state index contributed by atoms with van der Waals surface area (Å²) in [6.07, 6.45) is -0.136. The summed E-state index contributed by atoms with van der Waals surface area (Å²) in [5.74, 6) is -2.28. The van der Waals surface area contributed by atoms with Gasteiger partial charge in [-0.15, -0.1) is 0 Å². The number of nitrogens with one attached hydrogen (secondary N) is 1. The molecular weight excluding hydrogens is 432 g/mol. The molecule has 0 spiro atoms. The number of carbonyl (C=O) groups is 3. The molecule has 4 rings (SSSR count). The second-order valence-electron chi connectivity index (χ2n) is 7.75. The number of carbonyl (C=O) groups excluding carboxylic acids is 3. The molecule has 2 atom stereocenters. The summed E-state index contributed by atoms with van der Waals surface area (Å²) in [6, 6.07) is 11.1. The van der Waals surface area contributed by atoms with E-state index >= 15 is 0 Å². The number of amides is 4. The van der Waals surface area contributed by atoms with Crippen molar-refractivity contribution in [1.82, 2.24) is 5.32 Å². The molecule has 8 nitrogen and oxygen atoms in total. The van der Waals surface area contributed by atoms with E-state index in [-0.39, 0.29) is 11.3 Å². The van der Waals surface area contributed by atoms with E-state index in [0.717, 1.165) is 16.0 Å². The summed E-state index contributed by atoms with van der Waals surface area (Å²) in [7, 11) is 0. The first-order valence-electron chi connectivity index (χ1n) is 9.94. The standard InChI is InChI=1S/C23H21ClN4O4/c1-12-7-8-19(13(2)9-12)28-22(31)17(14(3)26-28)11-18-20(29)25-23(32)27(21(18)30)16-6-4-5-15(24)10-16/h4-11,18,20,29H,1-3H3,(H,25,32)/b17-11-. The molecule has 0 bridgehead atoms. The number of nitrogens with zero attached hydrogens (tertiary/aromatic N) is 3. The third kappa shape index (κ3) is 3.79. The molecule has 0 radical (unpaired) electrons. The van der Waals surface area contributed by atoms with Gasteiger partial charge < -0.3 is 10.4 Å². The summed E-state index contributed by atoms with van der Waals surface area (Å²) < 4.78 is 0. The van der Waals surface area contributed by atoms with Crippen LogP contribution in [0.25, 0.3) is 0 Å². The molecule has 2 aromatic carbocycles. The van der Waals surface area contributed by atoms with Crippen LogP contribution in [0.3, 0.4) is 0 Å². The zero-order valence-electron chi connectivity index (χ0n) is 17.7. The molecule has 4 amide bonds. The molecule has 9 heteroatoms. The first kappa shape index (κ1) is 21.7. The predicted octanol–water partition coefficient (Wildman–Crippen LogP) is 3.30. The zero-order chi connectivity index (χ0) is 23.2. The van der Waals surface area contributed by atoms with Crippen LogP contribution in [0.2, 0.25) is 5.02 Å². The Morgan fingerprint density at radius 1 is 1.09 bits per heavy atom. The number of aryl methyl sites for hydroxylation is 2. The second-order valence-corrected chi connectivity index (χ2v) is 8.18. The molecule has 2 aromatic rings. The van der Waals surface area contributed by atoms with Gasteiger partial charge in [0.2, 0.25) is 5.91 Å². The van der Waals surface area contributed by atoms with Gasteiger partial charge in [-0.3, -0.25) is 9.59 Å². The molecule has 32 heavy (non-hydrogen) atoms. The number of hydrogen-bond donors (Lipinski definition) is 2. The minimum Gasteiger partial charge on any atom is -0.372 e. The highest BCUT2D eigenvalue weighted by Crippen LogP contribution is 2.30. The van der Waals surface area contributed by atoms with Crippen LogP contribution >= 0.6 is 11.6 Å². The lowest BCUT2D eigenvalue weighted by Gasteiger charge is -2.33. The number of aliphatic hydroxyl groups is 1. The third-order valence-electron chi connectivity index (χ3n) is 5.38. The molecule has 2 aliphatic heterocycles. The van der Waals surface area contributed by atoms with Crippen LogP contribution in [0, 0.1) is 19.8 Å². The van der Waals surface area contributed by atoms with E-state index in [0.29, 0.717) is 16.4 Å². The number of hydrazone groups is 1. The van der Waals surface area contributed by atoms with E-state index in [1.54, 1.807) is 25.1 Å². The van der Waals surface area contributed by atoms with Gasteiger partial charge in [-0.05, 0) is 50.6 Å². The van der Waals surface area contributed by atoms with Gasteiger partial charge in [0.05, 0.1) is 22.7 Å². The van der Waals surface area contributed by atoms with Crippen LogP contribution in [0.1, 0.15) is 18.1 Å². The Morgan fingerprint density at radius 2 is 1.84 bits per heavy atom. The zero-order valence-corrected chi connectivity index (χ0v) is 18.4. The lowest BCUT2D eigenvalue weighted by Crippen LogP contribution is -2.60. The molecule has 0 aromatic heterocycles. The molecular formula is C23H21ClN4O4. The SMILES string of the molecule is CC1=NN(c2ccc(C)cc2C)C(=O)/C1=C\C1C(=O)N(c2cccc(Cl)c2)C(=O)NC1O. The summed E-state index contributed by atoms with van der Waals surface area (Å²) in [5, 5.41) is 18.7. The van der Waals surface area contributed by atoms with E-state index < -0.39 is 30.0 Å². The van der Waals surface area contributed by atoms with Crippen LogP contribution < -0.4 is 15.2 Å². The van der Waals surface area contributed by atoms with Crippen molar-refractivity contribution < 1.29 is 19.5 Å². The van der Waals surface area contributed by atoms with Crippen LogP contribution in [0.4, 0.5) is 16.2 Å². The molecule has 1 fully saturated rings. The van der Waals surface area contributed by atoms with Gasteiger partial charge in [-0.2, -0.15) is 10.1 Å². The molecule has 164 valence electrons. The molecule has 1 saturated heterocycles. The fourth-order valence-electron chi connectivity index (χ4n) is 3.78. The second kappa shape index (κ2) is 8.22. The number of rotatable bonds is 3. The van der Waals surface area contributed by atoms with Crippen molar-refractivity contribution in [2.24, 2.45) is 11.0 Å².